The number of imidazole rings is 1. The highest BCUT2D eigenvalue weighted by molar-refractivity contribution is 7.92. The zero-order chi connectivity index (χ0) is 19.7. The SMILES string of the molecule is O=C(O)c1cccc(S(=O)(=O)Nc2ccccc2-c2nc3ccccc3[nH]2)c1. The van der Waals surface area contributed by atoms with Gasteiger partial charge in [0.05, 0.1) is 27.2 Å². The Bertz CT molecular complexity index is 1260. The van der Waals surface area contributed by atoms with Gasteiger partial charge in [-0.05, 0) is 42.5 Å². The van der Waals surface area contributed by atoms with Gasteiger partial charge in [0.2, 0.25) is 0 Å². The third kappa shape index (κ3) is 3.33. The molecule has 1 heterocycles. The second kappa shape index (κ2) is 6.82. The maximum absolute atomic E-state index is 12.8. The van der Waals surface area contributed by atoms with E-state index in [1.54, 1.807) is 24.3 Å². The Morgan fingerprint density at radius 1 is 0.964 bits per heavy atom. The molecule has 3 N–H and O–H groups in total. The van der Waals surface area contributed by atoms with Gasteiger partial charge in [-0.3, -0.25) is 4.72 Å². The van der Waals surface area contributed by atoms with E-state index >= 15 is 0 Å². The number of rotatable bonds is 5. The van der Waals surface area contributed by atoms with Crippen LogP contribution in [0.25, 0.3) is 22.4 Å². The van der Waals surface area contributed by atoms with Gasteiger partial charge in [0.1, 0.15) is 5.82 Å². The summed E-state index contributed by atoms with van der Waals surface area (Å²) >= 11 is 0. The zero-order valence-corrected chi connectivity index (χ0v) is 15.3. The number of nitrogens with one attached hydrogen (secondary N) is 2. The van der Waals surface area contributed by atoms with Crippen molar-refractivity contribution in [3.63, 3.8) is 0 Å². The maximum Gasteiger partial charge on any atom is 0.335 e. The van der Waals surface area contributed by atoms with Crippen molar-refractivity contribution < 1.29 is 18.3 Å². The van der Waals surface area contributed by atoms with E-state index in [1.165, 1.54) is 18.2 Å². The Morgan fingerprint density at radius 2 is 1.71 bits per heavy atom. The predicted octanol–water partition coefficient (Wildman–Crippen LogP) is 3.73. The first-order chi connectivity index (χ1) is 13.4. The summed E-state index contributed by atoms with van der Waals surface area (Å²) in [6.07, 6.45) is 0. The summed E-state index contributed by atoms with van der Waals surface area (Å²) in [5.41, 5.74) is 2.42. The van der Waals surface area contributed by atoms with E-state index in [2.05, 4.69) is 14.7 Å². The first-order valence-corrected chi connectivity index (χ1v) is 9.83. The van der Waals surface area contributed by atoms with Gasteiger partial charge in [0, 0.05) is 5.56 Å². The second-order valence-electron chi connectivity index (χ2n) is 6.09. The number of aromatic carboxylic acids is 1. The number of H-pyrrole nitrogens is 1. The minimum absolute atomic E-state index is 0.103. The molecule has 0 bridgehead atoms. The summed E-state index contributed by atoms with van der Waals surface area (Å²) < 4.78 is 28.1. The minimum Gasteiger partial charge on any atom is -0.478 e. The van der Waals surface area contributed by atoms with Crippen molar-refractivity contribution in [2.24, 2.45) is 0 Å². The largest absolute Gasteiger partial charge is 0.478 e. The molecule has 0 atom stereocenters. The van der Waals surface area contributed by atoms with Crippen LogP contribution in [0.2, 0.25) is 0 Å². The summed E-state index contributed by atoms with van der Waals surface area (Å²) in [5.74, 6) is -0.668. The van der Waals surface area contributed by atoms with E-state index in [-0.39, 0.29) is 10.5 Å². The number of hydrogen-bond donors (Lipinski definition) is 3. The van der Waals surface area contributed by atoms with Crippen molar-refractivity contribution in [1.29, 1.82) is 0 Å². The van der Waals surface area contributed by atoms with Crippen LogP contribution in [0.4, 0.5) is 5.69 Å². The quantitative estimate of drug-likeness (QED) is 0.478. The van der Waals surface area contributed by atoms with E-state index in [9.17, 15) is 13.2 Å². The molecule has 7 nitrogen and oxygen atoms in total. The third-order valence-corrected chi connectivity index (χ3v) is 5.57. The van der Waals surface area contributed by atoms with Crippen molar-refractivity contribution in [2.45, 2.75) is 4.90 Å². The molecule has 0 aliphatic rings. The number of aromatic nitrogens is 2. The summed E-state index contributed by atoms with van der Waals surface area (Å²) in [4.78, 5) is 18.7. The van der Waals surface area contributed by atoms with Crippen LogP contribution in [-0.2, 0) is 10.0 Å². The minimum atomic E-state index is -3.98. The third-order valence-electron chi connectivity index (χ3n) is 4.21. The fraction of sp³-hybridized carbons (Fsp3) is 0. The monoisotopic (exact) mass is 393 g/mol. The Morgan fingerprint density at radius 3 is 2.50 bits per heavy atom. The zero-order valence-electron chi connectivity index (χ0n) is 14.5. The molecule has 0 aliphatic heterocycles. The lowest BCUT2D eigenvalue weighted by Gasteiger charge is -2.11. The molecule has 0 aliphatic carbocycles. The Labute approximate surface area is 160 Å². The molecule has 0 saturated heterocycles. The number of nitrogens with zero attached hydrogens (tertiary/aromatic N) is 1. The highest BCUT2D eigenvalue weighted by Crippen LogP contribution is 2.29. The number of benzene rings is 3. The van der Waals surface area contributed by atoms with E-state index in [4.69, 9.17) is 5.11 Å². The van der Waals surface area contributed by atoms with Crippen LogP contribution in [0.15, 0.2) is 77.7 Å². The summed E-state index contributed by atoms with van der Waals surface area (Å²) in [6.45, 7) is 0. The van der Waals surface area contributed by atoms with Gasteiger partial charge < -0.3 is 10.1 Å². The number of para-hydroxylation sites is 3. The molecule has 0 fully saturated rings. The number of carboxylic acid groups (broad SMARTS) is 1. The number of anilines is 1. The number of sulfonamides is 1. The van der Waals surface area contributed by atoms with Gasteiger partial charge in [-0.1, -0.05) is 30.3 Å². The summed E-state index contributed by atoms with van der Waals surface area (Å²) in [7, 11) is -3.98. The van der Waals surface area contributed by atoms with Crippen LogP contribution in [0.3, 0.4) is 0 Å². The normalized spacial score (nSPS) is 11.4. The fourth-order valence-electron chi connectivity index (χ4n) is 2.86. The van der Waals surface area contributed by atoms with E-state index in [0.29, 0.717) is 17.1 Å². The molecular formula is C20H15N3O4S. The molecule has 0 unspecified atom stereocenters. The van der Waals surface area contributed by atoms with Gasteiger partial charge in [-0.15, -0.1) is 0 Å². The fourth-order valence-corrected chi connectivity index (χ4v) is 3.98. The van der Waals surface area contributed by atoms with Crippen LogP contribution in [-0.4, -0.2) is 29.5 Å². The molecule has 0 amide bonds. The van der Waals surface area contributed by atoms with Crippen molar-refractivity contribution in [3.05, 3.63) is 78.4 Å². The standard InChI is InChI=1S/C20H15N3O4S/c24-20(25)13-6-5-7-14(12-13)28(26,27)23-16-9-2-1-8-15(16)19-21-17-10-3-4-11-18(17)22-19/h1-12,23H,(H,21,22)(H,24,25). The van der Waals surface area contributed by atoms with Gasteiger partial charge in [0.25, 0.3) is 10.0 Å². The second-order valence-corrected chi connectivity index (χ2v) is 7.77. The lowest BCUT2D eigenvalue weighted by molar-refractivity contribution is 0.0696. The molecule has 0 saturated carbocycles. The number of hydrogen-bond acceptors (Lipinski definition) is 4. The Hall–Kier alpha value is -3.65. The van der Waals surface area contributed by atoms with Crippen LogP contribution in [0.5, 0.6) is 0 Å². The molecule has 8 heteroatoms. The van der Waals surface area contributed by atoms with Crippen LogP contribution in [0.1, 0.15) is 10.4 Å². The summed E-state index contributed by atoms with van der Waals surface area (Å²) in [6, 6.07) is 19.6. The lowest BCUT2D eigenvalue weighted by atomic mass is 10.2. The average molecular weight is 393 g/mol. The lowest BCUT2D eigenvalue weighted by Crippen LogP contribution is -2.14. The predicted molar refractivity (Wildman–Crippen MR) is 106 cm³/mol. The summed E-state index contributed by atoms with van der Waals surface area (Å²) in [5, 5.41) is 9.10. The maximum atomic E-state index is 12.8. The Kier molecular flexibility index (Phi) is 4.32. The van der Waals surface area contributed by atoms with Crippen molar-refractivity contribution in [2.75, 3.05) is 4.72 Å². The van der Waals surface area contributed by atoms with E-state index in [0.717, 1.165) is 17.1 Å². The number of carbonyl (C=O) groups is 1. The number of carboxylic acids is 1. The molecule has 0 radical (unpaired) electrons. The molecular weight excluding hydrogens is 378 g/mol. The smallest absolute Gasteiger partial charge is 0.335 e. The van der Waals surface area contributed by atoms with Gasteiger partial charge in [-0.25, -0.2) is 18.2 Å². The molecule has 1 aromatic heterocycles. The van der Waals surface area contributed by atoms with E-state index < -0.39 is 16.0 Å². The highest BCUT2D eigenvalue weighted by Gasteiger charge is 2.19. The Balaban J connectivity index is 1.74. The van der Waals surface area contributed by atoms with Crippen molar-refractivity contribution in [3.8, 4) is 11.4 Å². The average Bonchev–Trinajstić information content (AvgIpc) is 3.12. The molecule has 0 spiro atoms. The van der Waals surface area contributed by atoms with Crippen LogP contribution >= 0.6 is 0 Å². The number of aromatic amines is 1. The molecule has 3 aromatic carbocycles. The number of fused-ring (bicyclic) bond motifs is 1. The van der Waals surface area contributed by atoms with Gasteiger partial charge in [-0.2, -0.15) is 0 Å². The molecule has 4 rings (SSSR count). The van der Waals surface area contributed by atoms with Gasteiger partial charge >= 0.3 is 5.97 Å². The molecule has 140 valence electrons. The van der Waals surface area contributed by atoms with Crippen LogP contribution < -0.4 is 4.72 Å². The molecule has 28 heavy (non-hydrogen) atoms. The molecule has 4 aromatic rings. The van der Waals surface area contributed by atoms with Gasteiger partial charge in [0.15, 0.2) is 0 Å². The highest BCUT2D eigenvalue weighted by atomic mass is 32.2. The topological polar surface area (TPSA) is 112 Å². The van der Waals surface area contributed by atoms with Crippen molar-refractivity contribution in [1.82, 2.24) is 9.97 Å². The van der Waals surface area contributed by atoms with Crippen LogP contribution in [0, 0.1) is 0 Å². The first-order valence-electron chi connectivity index (χ1n) is 8.34. The van der Waals surface area contributed by atoms with E-state index in [1.807, 2.05) is 24.3 Å². The first kappa shape index (κ1) is 17.7. The van der Waals surface area contributed by atoms with Crippen molar-refractivity contribution >= 4 is 32.7 Å².